The fourth-order valence-corrected chi connectivity index (χ4v) is 2.00. The molecule has 1 amide bonds. The molecular formula is C12H17N3O4. The van der Waals surface area contributed by atoms with Crippen LogP contribution in [-0.4, -0.2) is 38.6 Å². The summed E-state index contributed by atoms with van der Waals surface area (Å²) < 4.78 is 6.87. The number of aromatic nitrogens is 2. The predicted octanol–water partition coefficient (Wildman–Crippen LogP) is 1.48. The molecule has 19 heavy (non-hydrogen) atoms. The molecular weight excluding hydrogens is 250 g/mol. The normalized spacial score (nSPS) is 18.9. The molecule has 0 bridgehead atoms. The number of hydrogen-bond donors (Lipinski definition) is 1. The largest absolute Gasteiger partial charge is 0.480 e. The molecule has 0 aliphatic carbocycles. The lowest BCUT2D eigenvalue weighted by Crippen LogP contribution is -2.51. The summed E-state index contributed by atoms with van der Waals surface area (Å²) in [7, 11) is 0. The fourth-order valence-electron chi connectivity index (χ4n) is 2.00. The van der Waals surface area contributed by atoms with Crippen molar-refractivity contribution in [1.29, 1.82) is 0 Å². The summed E-state index contributed by atoms with van der Waals surface area (Å²) in [5, 5.41) is 13.3. The average molecular weight is 267 g/mol. The Bertz CT molecular complexity index is 503. The topological polar surface area (TPSA) is 84.7 Å². The van der Waals surface area contributed by atoms with Crippen molar-refractivity contribution in [3.8, 4) is 0 Å². The van der Waals surface area contributed by atoms with E-state index in [-0.39, 0.29) is 0 Å². The van der Waals surface area contributed by atoms with Gasteiger partial charge in [0.25, 0.3) is 0 Å². The third-order valence-electron chi connectivity index (χ3n) is 2.74. The Kier molecular flexibility index (Phi) is 3.21. The quantitative estimate of drug-likeness (QED) is 0.833. The summed E-state index contributed by atoms with van der Waals surface area (Å²) in [6.45, 7) is 5.68. The highest BCUT2D eigenvalue weighted by atomic mass is 16.6. The highest BCUT2D eigenvalue weighted by molar-refractivity contribution is 5.94. The van der Waals surface area contributed by atoms with E-state index < -0.39 is 23.7 Å². The summed E-state index contributed by atoms with van der Waals surface area (Å²) >= 11 is 0. The number of rotatable bonds is 1. The maximum Gasteiger partial charge on any atom is 0.416 e. The van der Waals surface area contributed by atoms with Crippen molar-refractivity contribution in [1.82, 2.24) is 9.78 Å². The zero-order chi connectivity index (χ0) is 14.2. The number of aryl methyl sites for hydroxylation is 1. The van der Waals surface area contributed by atoms with E-state index in [9.17, 15) is 14.7 Å². The Morgan fingerprint density at radius 1 is 1.47 bits per heavy atom. The standard InChI is InChI=1S/C12H17N3O4/c1-12(2,3)19-11(18)15-8(10(16)17)5-7-14-9(15)4-6-13-14/h4,6,8H,5,7H2,1-3H3,(H,16,17). The number of ether oxygens (including phenoxy) is 1. The maximum absolute atomic E-state index is 12.2. The van der Waals surface area contributed by atoms with E-state index in [0.717, 1.165) is 4.90 Å². The zero-order valence-corrected chi connectivity index (χ0v) is 11.2. The van der Waals surface area contributed by atoms with Crippen LogP contribution in [0.15, 0.2) is 12.3 Å². The molecule has 1 aliphatic rings. The number of hydrogen-bond acceptors (Lipinski definition) is 4. The Balaban J connectivity index is 2.33. The molecule has 1 unspecified atom stereocenters. The Morgan fingerprint density at radius 2 is 2.16 bits per heavy atom. The molecule has 1 atom stereocenters. The third-order valence-corrected chi connectivity index (χ3v) is 2.74. The molecule has 1 aliphatic heterocycles. The molecule has 2 heterocycles. The van der Waals surface area contributed by atoms with Crippen LogP contribution < -0.4 is 4.90 Å². The monoisotopic (exact) mass is 267 g/mol. The van der Waals surface area contributed by atoms with Crippen molar-refractivity contribution in [3.05, 3.63) is 12.3 Å². The molecule has 1 N–H and O–H groups in total. The summed E-state index contributed by atoms with van der Waals surface area (Å²) in [5.74, 6) is -0.591. The van der Waals surface area contributed by atoms with Gasteiger partial charge in [0, 0.05) is 12.6 Å². The van der Waals surface area contributed by atoms with Crippen LogP contribution in [0.4, 0.5) is 10.6 Å². The van der Waals surface area contributed by atoms with Crippen LogP contribution in [0, 0.1) is 0 Å². The van der Waals surface area contributed by atoms with Crippen LogP contribution in [0.2, 0.25) is 0 Å². The van der Waals surface area contributed by atoms with Gasteiger partial charge < -0.3 is 9.84 Å². The first kappa shape index (κ1) is 13.4. The minimum atomic E-state index is -1.04. The van der Waals surface area contributed by atoms with Crippen molar-refractivity contribution < 1.29 is 19.4 Å². The first-order valence-corrected chi connectivity index (χ1v) is 6.06. The van der Waals surface area contributed by atoms with Gasteiger partial charge in [-0.15, -0.1) is 0 Å². The summed E-state index contributed by atoms with van der Waals surface area (Å²) in [6.07, 6.45) is 1.18. The van der Waals surface area contributed by atoms with Crippen LogP contribution in [0.1, 0.15) is 27.2 Å². The van der Waals surface area contributed by atoms with Gasteiger partial charge in [-0.1, -0.05) is 0 Å². The Labute approximate surface area is 110 Å². The minimum Gasteiger partial charge on any atom is -0.480 e. The Morgan fingerprint density at radius 3 is 2.74 bits per heavy atom. The van der Waals surface area contributed by atoms with Gasteiger partial charge in [-0.3, -0.25) is 0 Å². The predicted molar refractivity (Wildman–Crippen MR) is 67.0 cm³/mol. The van der Waals surface area contributed by atoms with E-state index in [1.165, 1.54) is 6.20 Å². The summed E-state index contributed by atoms with van der Waals surface area (Å²) in [6, 6.07) is 0.693. The summed E-state index contributed by atoms with van der Waals surface area (Å²) in [5.41, 5.74) is -0.678. The van der Waals surface area contributed by atoms with Gasteiger partial charge >= 0.3 is 12.1 Å². The van der Waals surface area contributed by atoms with Crippen LogP contribution in [-0.2, 0) is 16.1 Å². The molecule has 0 saturated heterocycles. The van der Waals surface area contributed by atoms with Gasteiger partial charge in [0.2, 0.25) is 0 Å². The SMILES string of the molecule is CC(C)(C)OC(=O)N1c2ccnn2CCC1C(=O)O. The number of carboxylic acids is 1. The van der Waals surface area contributed by atoms with Gasteiger partial charge in [-0.25, -0.2) is 19.2 Å². The van der Waals surface area contributed by atoms with Crippen molar-refractivity contribution in [2.24, 2.45) is 0 Å². The summed E-state index contributed by atoms with van der Waals surface area (Å²) in [4.78, 5) is 24.6. The number of aliphatic carboxylic acids is 1. The number of carbonyl (C=O) groups is 2. The van der Waals surface area contributed by atoms with Crippen LogP contribution in [0.25, 0.3) is 0 Å². The van der Waals surface area contributed by atoms with Gasteiger partial charge in [0.1, 0.15) is 17.5 Å². The lowest BCUT2D eigenvalue weighted by molar-refractivity contribution is -0.139. The van der Waals surface area contributed by atoms with Crippen LogP contribution in [0.5, 0.6) is 0 Å². The highest BCUT2D eigenvalue weighted by Gasteiger charge is 2.38. The first-order chi connectivity index (χ1) is 8.79. The molecule has 0 aromatic carbocycles. The maximum atomic E-state index is 12.2. The van der Waals surface area contributed by atoms with E-state index in [0.29, 0.717) is 18.8 Å². The van der Waals surface area contributed by atoms with Gasteiger partial charge in [0.05, 0.1) is 6.20 Å². The smallest absolute Gasteiger partial charge is 0.416 e. The average Bonchev–Trinajstić information content (AvgIpc) is 2.72. The van der Waals surface area contributed by atoms with E-state index in [4.69, 9.17) is 4.74 Å². The number of anilines is 1. The van der Waals surface area contributed by atoms with E-state index in [1.54, 1.807) is 31.5 Å². The first-order valence-electron chi connectivity index (χ1n) is 6.06. The number of fused-ring (bicyclic) bond motifs is 1. The molecule has 104 valence electrons. The number of nitrogens with zero attached hydrogens (tertiary/aromatic N) is 3. The van der Waals surface area contributed by atoms with Crippen LogP contribution in [0.3, 0.4) is 0 Å². The minimum absolute atomic E-state index is 0.309. The molecule has 7 heteroatoms. The molecule has 0 saturated carbocycles. The number of carbonyl (C=O) groups excluding carboxylic acids is 1. The molecule has 1 aromatic rings. The van der Waals surface area contributed by atoms with Crippen molar-refractivity contribution >= 4 is 17.9 Å². The third kappa shape index (κ3) is 2.69. The fraction of sp³-hybridized carbons (Fsp3) is 0.583. The van der Waals surface area contributed by atoms with Gasteiger partial charge in [-0.2, -0.15) is 5.10 Å². The zero-order valence-electron chi connectivity index (χ0n) is 11.2. The highest BCUT2D eigenvalue weighted by Crippen LogP contribution is 2.26. The molecule has 7 nitrogen and oxygen atoms in total. The number of carboxylic acid groups (broad SMARTS) is 1. The van der Waals surface area contributed by atoms with Gasteiger partial charge in [0.15, 0.2) is 0 Å². The van der Waals surface area contributed by atoms with E-state index in [2.05, 4.69) is 5.10 Å². The second-order valence-electron chi connectivity index (χ2n) is 5.41. The second-order valence-corrected chi connectivity index (χ2v) is 5.41. The van der Waals surface area contributed by atoms with Crippen LogP contribution >= 0.6 is 0 Å². The van der Waals surface area contributed by atoms with Crippen molar-refractivity contribution in [2.45, 2.75) is 45.4 Å². The van der Waals surface area contributed by atoms with Gasteiger partial charge in [-0.05, 0) is 27.2 Å². The van der Waals surface area contributed by atoms with E-state index >= 15 is 0 Å². The molecule has 0 radical (unpaired) electrons. The van der Waals surface area contributed by atoms with E-state index in [1.807, 2.05) is 0 Å². The van der Waals surface area contributed by atoms with Crippen molar-refractivity contribution in [2.75, 3.05) is 4.90 Å². The second kappa shape index (κ2) is 4.56. The molecule has 2 rings (SSSR count). The lowest BCUT2D eigenvalue weighted by atomic mass is 10.1. The lowest BCUT2D eigenvalue weighted by Gasteiger charge is -2.34. The molecule has 0 spiro atoms. The molecule has 0 fully saturated rings. The Hall–Kier alpha value is -2.05. The van der Waals surface area contributed by atoms with Crippen molar-refractivity contribution in [3.63, 3.8) is 0 Å². The number of amides is 1. The molecule has 1 aromatic heterocycles.